The number of hydrogen-bond donors (Lipinski definition) is 1. The van der Waals surface area contributed by atoms with Gasteiger partial charge in [-0.15, -0.1) is 0 Å². The Morgan fingerprint density at radius 2 is 1.56 bits per heavy atom. The average molecular weight is 281 g/mol. The molecule has 0 saturated carbocycles. The molecule has 18 heavy (non-hydrogen) atoms. The van der Waals surface area contributed by atoms with Crippen LogP contribution < -0.4 is 0 Å². The third-order valence-corrected chi connectivity index (χ3v) is 3.42. The highest BCUT2D eigenvalue weighted by Gasteiger charge is 2.09. The van der Waals surface area contributed by atoms with Crippen molar-refractivity contribution in [1.29, 1.82) is 0 Å². The highest BCUT2D eigenvalue weighted by molar-refractivity contribution is 6.31. The molecule has 0 fully saturated rings. The lowest BCUT2D eigenvalue weighted by Gasteiger charge is -2.12. The van der Waals surface area contributed by atoms with E-state index in [1.807, 2.05) is 48.5 Å². The topological polar surface area (TPSA) is 20.2 Å². The minimum Gasteiger partial charge on any atom is -0.392 e. The molecule has 1 nitrogen and oxygen atoms in total. The molecule has 1 atom stereocenters. The van der Waals surface area contributed by atoms with E-state index in [4.69, 9.17) is 23.2 Å². The van der Waals surface area contributed by atoms with E-state index < -0.39 is 6.10 Å². The van der Waals surface area contributed by atoms with Gasteiger partial charge in [0.15, 0.2) is 0 Å². The summed E-state index contributed by atoms with van der Waals surface area (Å²) in [6.07, 6.45) is 0.719. The summed E-state index contributed by atoms with van der Waals surface area (Å²) in [5.41, 5.74) is 2.04. The highest BCUT2D eigenvalue weighted by atomic mass is 35.5. The number of benzene rings is 2. The smallest absolute Gasteiger partial charge is 0.0621 e. The molecule has 0 amide bonds. The third-order valence-electron chi connectivity index (χ3n) is 2.80. The number of aliphatic hydroxyl groups excluding tert-OH is 1. The molecule has 0 saturated heterocycles. The van der Waals surface area contributed by atoms with Crippen LogP contribution in [-0.2, 0) is 12.8 Å². The Bertz CT molecular complexity index is 508. The Balaban J connectivity index is 1.99. The Morgan fingerprint density at radius 1 is 0.889 bits per heavy atom. The average Bonchev–Trinajstić information content (AvgIpc) is 2.35. The van der Waals surface area contributed by atoms with E-state index in [1.165, 1.54) is 0 Å². The van der Waals surface area contributed by atoms with Gasteiger partial charge >= 0.3 is 0 Å². The first-order valence-corrected chi connectivity index (χ1v) is 6.56. The van der Waals surface area contributed by atoms with E-state index in [1.54, 1.807) is 0 Å². The van der Waals surface area contributed by atoms with Crippen molar-refractivity contribution in [1.82, 2.24) is 0 Å². The number of aliphatic hydroxyl groups is 1. The first kappa shape index (κ1) is 13.4. The standard InChI is InChI=1S/C15H14Cl2O/c16-13-7-5-11(6-8-13)9-14(18)10-12-3-1-2-4-15(12)17/h1-8,14,18H,9-10H2. The van der Waals surface area contributed by atoms with Crippen molar-refractivity contribution < 1.29 is 5.11 Å². The second-order valence-electron chi connectivity index (χ2n) is 4.28. The molecular formula is C15H14Cl2O. The van der Waals surface area contributed by atoms with Crippen LogP contribution in [0.1, 0.15) is 11.1 Å². The second kappa shape index (κ2) is 6.24. The van der Waals surface area contributed by atoms with E-state index in [-0.39, 0.29) is 0 Å². The van der Waals surface area contributed by atoms with E-state index in [0.717, 1.165) is 11.1 Å². The first-order chi connectivity index (χ1) is 8.65. The quantitative estimate of drug-likeness (QED) is 0.893. The van der Waals surface area contributed by atoms with Crippen LogP contribution >= 0.6 is 23.2 Å². The molecule has 0 bridgehead atoms. The van der Waals surface area contributed by atoms with E-state index >= 15 is 0 Å². The normalized spacial score (nSPS) is 12.4. The Morgan fingerprint density at radius 3 is 2.22 bits per heavy atom. The minimum atomic E-state index is -0.439. The van der Waals surface area contributed by atoms with Crippen LogP contribution in [0.15, 0.2) is 48.5 Å². The summed E-state index contributed by atoms with van der Waals surface area (Å²) in [5.74, 6) is 0. The van der Waals surface area contributed by atoms with Crippen LogP contribution in [0.4, 0.5) is 0 Å². The van der Waals surface area contributed by atoms with Crippen molar-refractivity contribution >= 4 is 23.2 Å². The molecule has 2 aromatic carbocycles. The van der Waals surface area contributed by atoms with Crippen molar-refractivity contribution in [2.24, 2.45) is 0 Å². The van der Waals surface area contributed by atoms with Crippen LogP contribution in [0.2, 0.25) is 10.0 Å². The van der Waals surface area contributed by atoms with E-state index in [2.05, 4.69) is 0 Å². The third kappa shape index (κ3) is 3.74. The molecule has 2 aromatic rings. The summed E-state index contributed by atoms with van der Waals surface area (Å²) in [6, 6.07) is 15.1. The number of hydrogen-bond acceptors (Lipinski definition) is 1. The van der Waals surface area contributed by atoms with Crippen molar-refractivity contribution in [3.63, 3.8) is 0 Å². The predicted molar refractivity (Wildman–Crippen MR) is 76.3 cm³/mol. The lowest BCUT2D eigenvalue weighted by atomic mass is 10.0. The van der Waals surface area contributed by atoms with Gasteiger partial charge in [0.05, 0.1) is 6.10 Å². The van der Waals surface area contributed by atoms with E-state index in [0.29, 0.717) is 22.9 Å². The maximum atomic E-state index is 10.1. The lowest BCUT2D eigenvalue weighted by molar-refractivity contribution is 0.175. The zero-order valence-corrected chi connectivity index (χ0v) is 11.3. The first-order valence-electron chi connectivity index (χ1n) is 5.81. The van der Waals surface area contributed by atoms with Crippen LogP contribution in [0, 0.1) is 0 Å². The van der Waals surface area contributed by atoms with Gasteiger partial charge in [-0.2, -0.15) is 0 Å². The second-order valence-corrected chi connectivity index (χ2v) is 5.12. The predicted octanol–water partition coefficient (Wildman–Crippen LogP) is 4.14. The molecular weight excluding hydrogens is 267 g/mol. The zero-order chi connectivity index (χ0) is 13.0. The molecule has 0 aliphatic heterocycles. The van der Waals surface area contributed by atoms with E-state index in [9.17, 15) is 5.11 Å². The van der Waals surface area contributed by atoms with Crippen molar-refractivity contribution in [3.8, 4) is 0 Å². The molecule has 1 N–H and O–H groups in total. The highest BCUT2D eigenvalue weighted by Crippen LogP contribution is 2.18. The fourth-order valence-corrected chi connectivity index (χ4v) is 2.22. The van der Waals surface area contributed by atoms with Crippen molar-refractivity contribution in [3.05, 3.63) is 69.7 Å². The summed E-state index contributed by atoms with van der Waals surface area (Å²) in [5, 5.41) is 11.5. The summed E-state index contributed by atoms with van der Waals surface area (Å²) >= 11 is 11.9. The monoisotopic (exact) mass is 280 g/mol. The molecule has 0 aromatic heterocycles. The molecule has 2 rings (SSSR count). The Kier molecular flexibility index (Phi) is 4.65. The van der Waals surface area contributed by atoms with Crippen LogP contribution in [-0.4, -0.2) is 11.2 Å². The molecule has 0 aliphatic rings. The van der Waals surface area contributed by atoms with Gasteiger partial charge in [0.25, 0.3) is 0 Å². The van der Waals surface area contributed by atoms with Gasteiger partial charge in [0.2, 0.25) is 0 Å². The molecule has 1 unspecified atom stereocenters. The van der Waals surface area contributed by atoms with Gasteiger partial charge in [0.1, 0.15) is 0 Å². The SMILES string of the molecule is OC(Cc1ccc(Cl)cc1)Cc1ccccc1Cl. The fraction of sp³-hybridized carbons (Fsp3) is 0.200. The van der Waals surface area contributed by atoms with Gasteiger partial charge in [-0.05, 0) is 35.7 Å². The van der Waals surface area contributed by atoms with Crippen LogP contribution in [0.25, 0.3) is 0 Å². The fourth-order valence-electron chi connectivity index (χ4n) is 1.88. The summed E-state index contributed by atoms with van der Waals surface area (Å²) in [6.45, 7) is 0. The van der Waals surface area contributed by atoms with Gasteiger partial charge in [-0.25, -0.2) is 0 Å². The van der Waals surface area contributed by atoms with Crippen LogP contribution in [0.3, 0.4) is 0 Å². The number of halogens is 2. The maximum Gasteiger partial charge on any atom is 0.0621 e. The lowest BCUT2D eigenvalue weighted by Crippen LogP contribution is -2.14. The van der Waals surface area contributed by atoms with Crippen LogP contribution in [0.5, 0.6) is 0 Å². The molecule has 94 valence electrons. The summed E-state index contributed by atoms with van der Waals surface area (Å²) in [4.78, 5) is 0. The number of rotatable bonds is 4. The maximum absolute atomic E-state index is 10.1. The van der Waals surface area contributed by atoms with Gasteiger partial charge in [0, 0.05) is 16.5 Å². The van der Waals surface area contributed by atoms with Crippen molar-refractivity contribution in [2.75, 3.05) is 0 Å². The van der Waals surface area contributed by atoms with Crippen molar-refractivity contribution in [2.45, 2.75) is 18.9 Å². The molecule has 0 heterocycles. The molecule has 0 aliphatic carbocycles. The largest absolute Gasteiger partial charge is 0.392 e. The van der Waals surface area contributed by atoms with Gasteiger partial charge in [-0.3, -0.25) is 0 Å². The summed E-state index contributed by atoms with van der Waals surface area (Å²) < 4.78 is 0. The van der Waals surface area contributed by atoms with Gasteiger partial charge in [-0.1, -0.05) is 53.5 Å². The Labute approximate surface area is 117 Å². The van der Waals surface area contributed by atoms with Gasteiger partial charge < -0.3 is 5.11 Å². The molecule has 3 heteroatoms. The molecule has 0 spiro atoms. The minimum absolute atomic E-state index is 0.439. The zero-order valence-electron chi connectivity index (χ0n) is 9.81. The molecule has 0 radical (unpaired) electrons. The summed E-state index contributed by atoms with van der Waals surface area (Å²) in [7, 11) is 0. The Hall–Kier alpha value is -1.02.